The number of thioether (sulfide) groups is 2. The van der Waals surface area contributed by atoms with Crippen LogP contribution in [-0.2, 0) is 9.47 Å². The van der Waals surface area contributed by atoms with Crippen LogP contribution in [0.2, 0.25) is 0 Å². The first-order chi connectivity index (χ1) is 9.91. The highest BCUT2D eigenvalue weighted by Crippen LogP contribution is 2.06. The number of rotatable bonds is 17. The Bertz CT molecular complexity index is 151. The standard InChI is InChI=1S/C16H34O2S2/c1-3-5-13-19-15-7-9-17-11-12-18-10-8-16-20-14-6-4-2/h3-16H2,1-2H3. The summed E-state index contributed by atoms with van der Waals surface area (Å²) in [4.78, 5) is 0. The van der Waals surface area contributed by atoms with Gasteiger partial charge >= 0.3 is 0 Å². The van der Waals surface area contributed by atoms with Crippen molar-refractivity contribution in [1.29, 1.82) is 0 Å². The number of ether oxygens (including phenoxy) is 2. The van der Waals surface area contributed by atoms with Gasteiger partial charge in [0.25, 0.3) is 0 Å². The van der Waals surface area contributed by atoms with Crippen LogP contribution in [0.1, 0.15) is 52.4 Å². The van der Waals surface area contributed by atoms with Crippen molar-refractivity contribution >= 4 is 23.5 Å². The van der Waals surface area contributed by atoms with Crippen molar-refractivity contribution in [1.82, 2.24) is 0 Å². The predicted molar refractivity (Wildman–Crippen MR) is 95.3 cm³/mol. The summed E-state index contributed by atoms with van der Waals surface area (Å²) in [6, 6.07) is 0. The van der Waals surface area contributed by atoms with E-state index in [0.29, 0.717) is 0 Å². The van der Waals surface area contributed by atoms with E-state index in [1.165, 1.54) is 61.5 Å². The second-order valence-corrected chi connectivity index (χ2v) is 7.31. The van der Waals surface area contributed by atoms with E-state index < -0.39 is 0 Å². The lowest BCUT2D eigenvalue weighted by molar-refractivity contribution is 0.0488. The third kappa shape index (κ3) is 18.6. The summed E-state index contributed by atoms with van der Waals surface area (Å²) in [5.41, 5.74) is 0. The molecule has 0 saturated heterocycles. The fourth-order valence-electron chi connectivity index (χ4n) is 1.54. The molecule has 2 nitrogen and oxygen atoms in total. The first-order valence-corrected chi connectivity index (χ1v) is 10.5. The summed E-state index contributed by atoms with van der Waals surface area (Å²) in [5, 5.41) is 0. The minimum absolute atomic E-state index is 0.753. The molecule has 4 heteroatoms. The zero-order chi connectivity index (χ0) is 14.7. The molecular formula is C16H34O2S2. The molecule has 0 amide bonds. The molecule has 0 aromatic carbocycles. The maximum absolute atomic E-state index is 5.56. The van der Waals surface area contributed by atoms with Crippen LogP contribution in [0.5, 0.6) is 0 Å². The second-order valence-electron chi connectivity index (χ2n) is 4.86. The van der Waals surface area contributed by atoms with Crippen LogP contribution in [0, 0.1) is 0 Å². The molecule has 0 heterocycles. The average Bonchev–Trinajstić information content (AvgIpc) is 2.47. The Hall–Kier alpha value is 0.620. The molecule has 0 rings (SSSR count). The largest absolute Gasteiger partial charge is 0.379 e. The van der Waals surface area contributed by atoms with Crippen LogP contribution in [0.15, 0.2) is 0 Å². The molecule has 0 bridgehead atoms. The van der Waals surface area contributed by atoms with Crippen LogP contribution in [0.4, 0.5) is 0 Å². The summed E-state index contributed by atoms with van der Waals surface area (Å²) in [7, 11) is 0. The topological polar surface area (TPSA) is 18.5 Å². The van der Waals surface area contributed by atoms with Crippen molar-refractivity contribution in [2.45, 2.75) is 52.4 Å². The normalized spacial score (nSPS) is 11.1. The van der Waals surface area contributed by atoms with E-state index in [-0.39, 0.29) is 0 Å². The molecule has 20 heavy (non-hydrogen) atoms. The van der Waals surface area contributed by atoms with Crippen LogP contribution in [0.3, 0.4) is 0 Å². The van der Waals surface area contributed by atoms with Gasteiger partial charge in [-0.25, -0.2) is 0 Å². The van der Waals surface area contributed by atoms with Gasteiger partial charge in [0.05, 0.1) is 13.2 Å². The zero-order valence-corrected chi connectivity index (χ0v) is 15.2. The van der Waals surface area contributed by atoms with Crippen molar-refractivity contribution < 1.29 is 9.47 Å². The highest BCUT2D eigenvalue weighted by Gasteiger charge is 1.93. The molecule has 0 saturated carbocycles. The highest BCUT2D eigenvalue weighted by atomic mass is 32.2. The van der Waals surface area contributed by atoms with Gasteiger partial charge in [-0.2, -0.15) is 23.5 Å². The van der Waals surface area contributed by atoms with E-state index in [4.69, 9.17) is 9.47 Å². The second kappa shape index (κ2) is 19.6. The molecule has 0 N–H and O–H groups in total. The molecule has 0 aromatic rings. The Kier molecular flexibility index (Phi) is 20.2. The van der Waals surface area contributed by atoms with Gasteiger partial charge in [0.15, 0.2) is 0 Å². The van der Waals surface area contributed by atoms with Gasteiger partial charge in [0.1, 0.15) is 0 Å². The third-order valence-corrected chi connectivity index (χ3v) is 5.12. The maximum atomic E-state index is 5.56. The molecular weight excluding hydrogens is 288 g/mol. The quantitative estimate of drug-likeness (QED) is 0.356. The van der Waals surface area contributed by atoms with E-state index in [1.54, 1.807) is 0 Å². The van der Waals surface area contributed by atoms with Crippen molar-refractivity contribution in [3.8, 4) is 0 Å². The fourth-order valence-corrected chi connectivity index (χ4v) is 3.58. The molecule has 0 aliphatic rings. The summed E-state index contributed by atoms with van der Waals surface area (Å²) >= 11 is 4.09. The Balaban J connectivity index is 2.89. The summed E-state index contributed by atoms with van der Waals surface area (Å²) < 4.78 is 11.1. The molecule has 0 fully saturated rings. The fraction of sp³-hybridized carbons (Fsp3) is 1.00. The lowest BCUT2D eigenvalue weighted by Crippen LogP contribution is -2.07. The van der Waals surface area contributed by atoms with Gasteiger partial charge < -0.3 is 9.47 Å². The van der Waals surface area contributed by atoms with Gasteiger partial charge in [0, 0.05) is 13.2 Å². The first kappa shape index (κ1) is 20.6. The lowest BCUT2D eigenvalue weighted by atomic mass is 10.4. The van der Waals surface area contributed by atoms with Crippen LogP contribution >= 0.6 is 23.5 Å². The van der Waals surface area contributed by atoms with Gasteiger partial charge in [-0.15, -0.1) is 0 Å². The van der Waals surface area contributed by atoms with Gasteiger partial charge in [-0.3, -0.25) is 0 Å². The number of hydrogen-bond acceptors (Lipinski definition) is 4. The molecule has 0 unspecified atom stereocenters. The van der Waals surface area contributed by atoms with Crippen LogP contribution in [0.25, 0.3) is 0 Å². The summed E-state index contributed by atoms with van der Waals surface area (Å²) in [5.74, 6) is 5.07. The minimum atomic E-state index is 0.753. The van der Waals surface area contributed by atoms with E-state index >= 15 is 0 Å². The number of hydrogen-bond donors (Lipinski definition) is 0. The molecule has 0 aliphatic heterocycles. The zero-order valence-electron chi connectivity index (χ0n) is 13.5. The smallest absolute Gasteiger partial charge is 0.0700 e. The lowest BCUT2D eigenvalue weighted by Gasteiger charge is -2.06. The summed E-state index contributed by atoms with van der Waals surface area (Å²) in [6.07, 6.45) is 7.63. The monoisotopic (exact) mass is 322 g/mol. The summed E-state index contributed by atoms with van der Waals surface area (Å²) in [6.45, 7) is 7.76. The highest BCUT2D eigenvalue weighted by molar-refractivity contribution is 7.99. The SMILES string of the molecule is CCCCSCCCOCCOCCCSCCCC. The first-order valence-electron chi connectivity index (χ1n) is 8.22. The Morgan fingerprint density at radius 2 is 0.950 bits per heavy atom. The van der Waals surface area contributed by atoms with E-state index in [2.05, 4.69) is 13.8 Å². The van der Waals surface area contributed by atoms with E-state index in [1.807, 2.05) is 23.5 Å². The van der Waals surface area contributed by atoms with Gasteiger partial charge in [-0.1, -0.05) is 26.7 Å². The van der Waals surface area contributed by atoms with Crippen LogP contribution < -0.4 is 0 Å². The van der Waals surface area contributed by atoms with Crippen molar-refractivity contribution in [2.24, 2.45) is 0 Å². The predicted octanol–water partition coefficient (Wildman–Crippen LogP) is 4.87. The minimum Gasteiger partial charge on any atom is -0.379 e. The molecule has 0 atom stereocenters. The van der Waals surface area contributed by atoms with Crippen molar-refractivity contribution in [3.05, 3.63) is 0 Å². The Labute approximate surface area is 135 Å². The van der Waals surface area contributed by atoms with Gasteiger partial charge in [-0.05, 0) is 48.7 Å². The van der Waals surface area contributed by atoms with Crippen LogP contribution in [-0.4, -0.2) is 49.4 Å². The third-order valence-electron chi connectivity index (χ3n) is 2.81. The van der Waals surface area contributed by atoms with Crippen molar-refractivity contribution in [2.75, 3.05) is 49.4 Å². The maximum Gasteiger partial charge on any atom is 0.0700 e. The Morgan fingerprint density at radius 1 is 0.550 bits per heavy atom. The molecule has 122 valence electrons. The molecule has 0 radical (unpaired) electrons. The Morgan fingerprint density at radius 3 is 1.35 bits per heavy atom. The molecule has 0 aromatic heterocycles. The van der Waals surface area contributed by atoms with E-state index in [9.17, 15) is 0 Å². The van der Waals surface area contributed by atoms with E-state index in [0.717, 1.165) is 26.4 Å². The van der Waals surface area contributed by atoms with Gasteiger partial charge in [0.2, 0.25) is 0 Å². The molecule has 0 spiro atoms. The molecule has 0 aliphatic carbocycles. The van der Waals surface area contributed by atoms with Crippen molar-refractivity contribution in [3.63, 3.8) is 0 Å². The average molecular weight is 323 g/mol. The number of unbranched alkanes of at least 4 members (excludes halogenated alkanes) is 2.